The molecule has 0 bridgehead atoms. The largest absolute Gasteiger partial charge is 0.322 e. The number of hydrogen-bond acceptors (Lipinski definition) is 2. The van der Waals surface area contributed by atoms with Crippen molar-refractivity contribution in [2.24, 2.45) is 17.6 Å². The zero-order chi connectivity index (χ0) is 8.43. The SMILES string of the molecule is CC(CC(=O)[C@@H](C)N)C1CC1. The molecule has 0 heterocycles. The van der Waals surface area contributed by atoms with Crippen LogP contribution in [-0.4, -0.2) is 11.8 Å². The first-order valence-electron chi connectivity index (χ1n) is 4.39. The molecule has 0 aromatic rings. The molecule has 2 heteroatoms. The van der Waals surface area contributed by atoms with Gasteiger partial charge in [0.15, 0.2) is 0 Å². The third kappa shape index (κ3) is 2.62. The van der Waals surface area contributed by atoms with E-state index in [1.54, 1.807) is 6.92 Å². The molecular formula is C9H17NO. The first-order chi connectivity index (χ1) is 5.11. The zero-order valence-corrected chi connectivity index (χ0v) is 7.34. The van der Waals surface area contributed by atoms with E-state index in [0.29, 0.717) is 12.3 Å². The van der Waals surface area contributed by atoms with E-state index in [1.165, 1.54) is 12.8 Å². The first kappa shape index (κ1) is 8.72. The summed E-state index contributed by atoms with van der Waals surface area (Å²) in [6, 6.07) is -0.267. The summed E-state index contributed by atoms with van der Waals surface area (Å²) in [7, 11) is 0. The van der Waals surface area contributed by atoms with Crippen LogP contribution >= 0.6 is 0 Å². The molecule has 0 aromatic carbocycles. The highest BCUT2D eigenvalue weighted by Gasteiger charge is 2.29. The fourth-order valence-corrected chi connectivity index (χ4v) is 1.34. The Balaban J connectivity index is 2.23. The minimum Gasteiger partial charge on any atom is -0.322 e. The van der Waals surface area contributed by atoms with Crippen molar-refractivity contribution in [3.63, 3.8) is 0 Å². The Hall–Kier alpha value is -0.370. The summed E-state index contributed by atoms with van der Waals surface area (Å²) in [4.78, 5) is 11.2. The summed E-state index contributed by atoms with van der Waals surface area (Å²) < 4.78 is 0. The molecule has 1 aliphatic carbocycles. The van der Waals surface area contributed by atoms with Gasteiger partial charge in [-0.2, -0.15) is 0 Å². The number of carbonyl (C=O) groups excluding carboxylic acids is 1. The van der Waals surface area contributed by atoms with Gasteiger partial charge < -0.3 is 5.73 Å². The van der Waals surface area contributed by atoms with Gasteiger partial charge in [0.1, 0.15) is 5.78 Å². The Kier molecular flexibility index (Phi) is 2.66. The highest BCUT2D eigenvalue weighted by molar-refractivity contribution is 5.83. The Morgan fingerprint density at radius 2 is 2.09 bits per heavy atom. The fourth-order valence-electron chi connectivity index (χ4n) is 1.34. The lowest BCUT2D eigenvalue weighted by Gasteiger charge is -2.10. The predicted molar refractivity (Wildman–Crippen MR) is 45.2 cm³/mol. The van der Waals surface area contributed by atoms with E-state index in [9.17, 15) is 4.79 Å². The normalized spacial score (nSPS) is 22.8. The van der Waals surface area contributed by atoms with Crippen LogP contribution in [0.4, 0.5) is 0 Å². The lowest BCUT2D eigenvalue weighted by Crippen LogP contribution is -2.28. The van der Waals surface area contributed by atoms with Crippen LogP contribution in [0.25, 0.3) is 0 Å². The summed E-state index contributed by atoms with van der Waals surface area (Å²) in [5.41, 5.74) is 5.46. The van der Waals surface area contributed by atoms with E-state index in [2.05, 4.69) is 6.92 Å². The summed E-state index contributed by atoms with van der Waals surface area (Å²) in [6.45, 7) is 3.92. The lowest BCUT2D eigenvalue weighted by molar-refractivity contribution is -0.120. The number of rotatable bonds is 4. The molecule has 1 aliphatic rings. The van der Waals surface area contributed by atoms with Crippen molar-refractivity contribution in [2.45, 2.75) is 39.2 Å². The van der Waals surface area contributed by atoms with Gasteiger partial charge in [-0.25, -0.2) is 0 Å². The third-order valence-electron chi connectivity index (χ3n) is 2.46. The van der Waals surface area contributed by atoms with Crippen molar-refractivity contribution >= 4 is 5.78 Å². The predicted octanol–water partition coefficient (Wildman–Crippen LogP) is 1.34. The molecule has 1 unspecified atom stereocenters. The van der Waals surface area contributed by atoms with Gasteiger partial charge in [-0.1, -0.05) is 6.92 Å². The molecule has 11 heavy (non-hydrogen) atoms. The number of nitrogens with two attached hydrogens (primary N) is 1. The topological polar surface area (TPSA) is 43.1 Å². The summed E-state index contributed by atoms with van der Waals surface area (Å²) in [6.07, 6.45) is 3.31. The Bertz CT molecular complexity index is 150. The van der Waals surface area contributed by atoms with Crippen LogP contribution in [0.2, 0.25) is 0 Å². The maximum Gasteiger partial charge on any atom is 0.149 e. The van der Waals surface area contributed by atoms with Crippen LogP contribution in [0.15, 0.2) is 0 Å². The quantitative estimate of drug-likeness (QED) is 0.665. The van der Waals surface area contributed by atoms with Gasteiger partial charge in [-0.15, -0.1) is 0 Å². The van der Waals surface area contributed by atoms with E-state index in [1.807, 2.05) is 0 Å². The van der Waals surface area contributed by atoms with Crippen molar-refractivity contribution < 1.29 is 4.79 Å². The van der Waals surface area contributed by atoms with Gasteiger partial charge in [0, 0.05) is 6.42 Å². The highest BCUT2D eigenvalue weighted by atomic mass is 16.1. The van der Waals surface area contributed by atoms with Crippen LogP contribution in [0.5, 0.6) is 0 Å². The average molecular weight is 155 g/mol. The Labute approximate surface area is 68.2 Å². The molecule has 1 saturated carbocycles. The molecule has 2 nitrogen and oxygen atoms in total. The van der Waals surface area contributed by atoms with Gasteiger partial charge in [0.25, 0.3) is 0 Å². The van der Waals surface area contributed by atoms with E-state index >= 15 is 0 Å². The summed E-state index contributed by atoms with van der Waals surface area (Å²) in [5, 5.41) is 0. The van der Waals surface area contributed by atoms with Crippen molar-refractivity contribution in [1.29, 1.82) is 0 Å². The third-order valence-corrected chi connectivity index (χ3v) is 2.46. The van der Waals surface area contributed by atoms with Gasteiger partial charge in [0.2, 0.25) is 0 Å². The number of hydrogen-bond donors (Lipinski definition) is 1. The number of Topliss-reactive ketones (excluding diaryl/α,β-unsaturated/α-hetero) is 1. The van der Waals surface area contributed by atoms with Crippen molar-refractivity contribution in [1.82, 2.24) is 0 Å². The molecular weight excluding hydrogens is 138 g/mol. The second-order valence-electron chi connectivity index (χ2n) is 3.77. The molecule has 2 N–H and O–H groups in total. The molecule has 0 aromatic heterocycles. The van der Waals surface area contributed by atoms with Crippen LogP contribution in [0.1, 0.15) is 33.1 Å². The van der Waals surface area contributed by atoms with E-state index < -0.39 is 0 Å². The summed E-state index contributed by atoms with van der Waals surface area (Å²) in [5.74, 6) is 1.59. The van der Waals surface area contributed by atoms with E-state index in [0.717, 1.165) is 5.92 Å². The smallest absolute Gasteiger partial charge is 0.149 e. The van der Waals surface area contributed by atoms with Crippen LogP contribution in [-0.2, 0) is 4.79 Å². The van der Waals surface area contributed by atoms with Gasteiger partial charge in [-0.05, 0) is 31.6 Å². The Morgan fingerprint density at radius 3 is 2.45 bits per heavy atom. The second kappa shape index (κ2) is 3.35. The number of carbonyl (C=O) groups is 1. The molecule has 1 rings (SSSR count). The second-order valence-corrected chi connectivity index (χ2v) is 3.77. The molecule has 0 saturated heterocycles. The maximum absolute atomic E-state index is 11.2. The highest BCUT2D eigenvalue weighted by Crippen LogP contribution is 2.38. The molecule has 64 valence electrons. The van der Waals surface area contributed by atoms with Crippen LogP contribution < -0.4 is 5.73 Å². The zero-order valence-electron chi connectivity index (χ0n) is 7.34. The maximum atomic E-state index is 11.2. The summed E-state index contributed by atoms with van der Waals surface area (Å²) >= 11 is 0. The average Bonchev–Trinajstić information content (AvgIpc) is 2.67. The minimum absolute atomic E-state index is 0.212. The van der Waals surface area contributed by atoms with Crippen molar-refractivity contribution in [3.05, 3.63) is 0 Å². The van der Waals surface area contributed by atoms with Crippen LogP contribution in [0.3, 0.4) is 0 Å². The van der Waals surface area contributed by atoms with Gasteiger partial charge >= 0.3 is 0 Å². The molecule has 2 atom stereocenters. The first-order valence-corrected chi connectivity index (χ1v) is 4.39. The number of ketones is 1. The standard InChI is InChI=1S/C9H17NO/c1-6(8-3-4-8)5-9(11)7(2)10/h6-8H,3-5,10H2,1-2H3/t6?,7-/m1/s1. The molecule has 1 fully saturated rings. The van der Waals surface area contributed by atoms with E-state index in [4.69, 9.17) is 5.73 Å². The van der Waals surface area contributed by atoms with Crippen LogP contribution in [0, 0.1) is 11.8 Å². The molecule has 0 aliphatic heterocycles. The fraction of sp³-hybridized carbons (Fsp3) is 0.889. The lowest BCUT2D eigenvalue weighted by atomic mass is 9.97. The van der Waals surface area contributed by atoms with Crippen molar-refractivity contribution in [2.75, 3.05) is 0 Å². The molecule has 0 amide bonds. The Morgan fingerprint density at radius 1 is 1.55 bits per heavy atom. The van der Waals surface area contributed by atoms with Gasteiger partial charge in [0.05, 0.1) is 6.04 Å². The van der Waals surface area contributed by atoms with E-state index in [-0.39, 0.29) is 11.8 Å². The van der Waals surface area contributed by atoms with Gasteiger partial charge in [-0.3, -0.25) is 4.79 Å². The molecule has 0 radical (unpaired) electrons. The van der Waals surface area contributed by atoms with Crippen molar-refractivity contribution in [3.8, 4) is 0 Å². The monoisotopic (exact) mass is 155 g/mol. The minimum atomic E-state index is -0.267. The molecule has 0 spiro atoms.